The fraction of sp³-hybridized carbons (Fsp3) is 0.143. The van der Waals surface area contributed by atoms with Crippen molar-refractivity contribution in [3.63, 3.8) is 0 Å². The molecule has 0 heterocycles. The number of aryl methyl sites for hydroxylation is 1. The number of halogens is 2. The van der Waals surface area contributed by atoms with Gasteiger partial charge in [0.1, 0.15) is 11.6 Å². The van der Waals surface area contributed by atoms with E-state index < -0.39 is 11.6 Å². The van der Waals surface area contributed by atoms with Gasteiger partial charge in [-0.1, -0.05) is 29.8 Å². The van der Waals surface area contributed by atoms with Crippen LogP contribution in [0.5, 0.6) is 0 Å². The SMILES string of the molecule is Cc1cccc(CSc2c(F)cc(N)cc2F)c1. The Bertz CT molecular complexity index is 546. The maximum atomic E-state index is 13.6. The molecule has 0 aliphatic rings. The van der Waals surface area contributed by atoms with Crippen molar-refractivity contribution >= 4 is 17.4 Å². The second-order valence-electron chi connectivity index (χ2n) is 4.09. The van der Waals surface area contributed by atoms with Crippen LogP contribution in [-0.2, 0) is 5.75 Å². The molecule has 2 N–H and O–H groups in total. The third kappa shape index (κ3) is 3.01. The van der Waals surface area contributed by atoms with E-state index in [4.69, 9.17) is 5.73 Å². The Kier molecular flexibility index (Phi) is 3.87. The molecule has 0 aromatic heterocycles. The van der Waals surface area contributed by atoms with Crippen molar-refractivity contribution in [3.05, 3.63) is 59.2 Å². The molecular formula is C14H13F2NS. The lowest BCUT2D eigenvalue weighted by Crippen LogP contribution is -1.93. The molecule has 18 heavy (non-hydrogen) atoms. The number of nitrogens with two attached hydrogens (primary N) is 1. The summed E-state index contributed by atoms with van der Waals surface area (Å²) in [6, 6.07) is 10.1. The average molecular weight is 265 g/mol. The minimum Gasteiger partial charge on any atom is -0.399 e. The Hall–Kier alpha value is -1.55. The second kappa shape index (κ2) is 5.40. The first-order chi connectivity index (χ1) is 8.56. The van der Waals surface area contributed by atoms with Crippen molar-refractivity contribution in [2.24, 2.45) is 0 Å². The van der Waals surface area contributed by atoms with E-state index in [0.29, 0.717) is 5.75 Å². The highest BCUT2D eigenvalue weighted by molar-refractivity contribution is 7.98. The third-order valence-electron chi connectivity index (χ3n) is 2.49. The summed E-state index contributed by atoms with van der Waals surface area (Å²) in [6.07, 6.45) is 0. The highest BCUT2D eigenvalue weighted by atomic mass is 32.2. The van der Waals surface area contributed by atoms with Crippen LogP contribution in [0, 0.1) is 18.6 Å². The average Bonchev–Trinajstić information content (AvgIpc) is 2.27. The van der Waals surface area contributed by atoms with E-state index in [1.54, 1.807) is 0 Å². The topological polar surface area (TPSA) is 26.0 Å². The van der Waals surface area contributed by atoms with Crippen LogP contribution in [0.15, 0.2) is 41.3 Å². The Labute approximate surface area is 109 Å². The van der Waals surface area contributed by atoms with Gasteiger partial charge >= 0.3 is 0 Å². The Morgan fingerprint density at radius 1 is 1.11 bits per heavy atom. The minimum atomic E-state index is -0.606. The number of nitrogen functional groups attached to an aromatic ring is 1. The van der Waals surface area contributed by atoms with Crippen molar-refractivity contribution in [3.8, 4) is 0 Å². The predicted molar refractivity (Wildman–Crippen MR) is 71.5 cm³/mol. The van der Waals surface area contributed by atoms with E-state index in [-0.39, 0.29) is 10.6 Å². The quantitative estimate of drug-likeness (QED) is 0.666. The van der Waals surface area contributed by atoms with Crippen LogP contribution >= 0.6 is 11.8 Å². The molecule has 0 aliphatic heterocycles. The van der Waals surface area contributed by atoms with Gasteiger partial charge in [-0.05, 0) is 24.6 Å². The van der Waals surface area contributed by atoms with Crippen molar-refractivity contribution in [2.75, 3.05) is 5.73 Å². The van der Waals surface area contributed by atoms with Gasteiger partial charge in [-0.25, -0.2) is 8.78 Å². The number of rotatable bonds is 3. The third-order valence-corrected chi connectivity index (χ3v) is 3.64. The number of hydrogen-bond acceptors (Lipinski definition) is 2. The molecule has 0 radical (unpaired) electrons. The molecule has 4 heteroatoms. The number of anilines is 1. The summed E-state index contributed by atoms with van der Waals surface area (Å²) in [5.41, 5.74) is 7.64. The highest BCUT2D eigenvalue weighted by Crippen LogP contribution is 2.29. The Morgan fingerprint density at radius 2 is 1.78 bits per heavy atom. The molecule has 0 unspecified atom stereocenters. The molecule has 0 aliphatic carbocycles. The minimum absolute atomic E-state index is 0.0192. The van der Waals surface area contributed by atoms with Crippen LogP contribution in [0.2, 0.25) is 0 Å². The van der Waals surface area contributed by atoms with E-state index in [2.05, 4.69) is 0 Å². The fourth-order valence-electron chi connectivity index (χ4n) is 1.67. The maximum Gasteiger partial charge on any atom is 0.141 e. The molecule has 94 valence electrons. The van der Waals surface area contributed by atoms with Gasteiger partial charge in [-0.2, -0.15) is 0 Å². The van der Waals surface area contributed by atoms with Gasteiger partial charge in [0.25, 0.3) is 0 Å². The van der Waals surface area contributed by atoms with E-state index in [0.717, 1.165) is 35.0 Å². The summed E-state index contributed by atoms with van der Waals surface area (Å²) in [5.74, 6) is -0.685. The molecule has 1 nitrogen and oxygen atoms in total. The van der Waals surface area contributed by atoms with Crippen LogP contribution in [0.3, 0.4) is 0 Å². The van der Waals surface area contributed by atoms with Gasteiger partial charge in [0.2, 0.25) is 0 Å². The van der Waals surface area contributed by atoms with Crippen molar-refractivity contribution < 1.29 is 8.78 Å². The summed E-state index contributed by atoms with van der Waals surface area (Å²) in [7, 11) is 0. The first-order valence-corrected chi connectivity index (χ1v) is 6.47. The molecule has 2 aromatic carbocycles. The Morgan fingerprint density at radius 3 is 2.39 bits per heavy atom. The fourth-order valence-corrected chi connectivity index (χ4v) is 2.56. The van der Waals surface area contributed by atoms with E-state index in [1.807, 2.05) is 31.2 Å². The molecule has 2 aromatic rings. The molecule has 0 bridgehead atoms. The summed E-state index contributed by atoms with van der Waals surface area (Å²) in [4.78, 5) is 0.0192. The zero-order valence-corrected chi connectivity index (χ0v) is 10.7. The Balaban J connectivity index is 2.16. The second-order valence-corrected chi connectivity index (χ2v) is 5.08. The zero-order chi connectivity index (χ0) is 13.1. The van der Waals surface area contributed by atoms with Gasteiger partial charge in [0, 0.05) is 11.4 Å². The smallest absolute Gasteiger partial charge is 0.141 e. The van der Waals surface area contributed by atoms with Crippen molar-refractivity contribution in [2.45, 2.75) is 17.6 Å². The lowest BCUT2D eigenvalue weighted by Gasteiger charge is -2.06. The van der Waals surface area contributed by atoms with Crippen LogP contribution < -0.4 is 5.73 Å². The lowest BCUT2D eigenvalue weighted by atomic mass is 10.2. The normalized spacial score (nSPS) is 10.6. The highest BCUT2D eigenvalue weighted by Gasteiger charge is 2.11. The maximum absolute atomic E-state index is 13.6. The summed E-state index contributed by atoms with van der Waals surface area (Å²) < 4.78 is 27.1. The van der Waals surface area contributed by atoms with Crippen LogP contribution in [0.25, 0.3) is 0 Å². The summed E-state index contributed by atoms with van der Waals surface area (Å²) in [5, 5.41) is 0. The number of hydrogen-bond donors (Lipinski definition) is 1. The largest absolute Gasteiger partial charge is 0.399 e. The van der Waals surface area contributed by atoms with Gasteiger partial charge in [-0.3, -0.25) is 0 Å². The van der Waals surface area contributed by atoms with Gasteiger partial charge in [0.15, 0.2) is 0 Å². The molecule has 0 fully saturated rings. The van der Waals surface area contributed by atoms with E-state index in [9.17, 15) is 8.78 Å². The monoisotopic (exact) mass is 265 g/mol. The first-order valence-electron chi connectivity index (χ1n) is 5.49. The van der Waals surface area contributed by atoms with Crippen molar-refractivity contribution in [1.82, 2.24) is 0 Å². The van der Waals surface area contributed by atoms with Crippen LogP contribution in [0.4, 0.5) is 14.5 Å². The molecular weight excluding hydrogens is 252 g/mol. The van der Waals surface area contributed by atoms with Crippen molar-refractivity contribution in [1.29, 1.82) is 0 Å². The number of benzene rings is 2. The standard InChI is InChI=1S/C14H13F2NS/c1-9-3-2-4-10(5-9)8-18-14-12(15)6-11(17)7-13(14)16/h2-7H,8,17H2,1H3. The zero-order valence-electron chi connectivity index (χ0n) is 9.91. The molecule has 0 atom stereocenters. The van der Waals surface area contributed by atoms with Gasteiger partial charge < -0.3 is 5.73 Å². The van der Waals surface area contributed by atoms with Crippen LogP contribution in [0.1, 0.15) is 11.1 Å². The summed E-state index contributed by atoms with van der Waals surface area (Å²) >= 11 is 1.14. The molecule has 0 spiro atoms. The predicted octanol–water partition coefficient (Wildman–Crippen LogP) is 4.15. The molecule has 0 saturated carbocycles. The van der Waals surface area contributed by atoms with Crippen LogP contribution in [-0.4, -0.2) is 0 Å². The number of thioether (sulfide) groups is 1. The molecule has 0 amide bonds. The van der Waals surface area contributed by atoms with Gasteiger partial charge in [0.05, 0.1) is 4.90 Å². The summed E-state index contributed by atoms with van der Waals surface area (Å²) in [6.45, 7) is 1.98. The first kappa shape index (κ1) is 12.9. The molecule has 2 rings (SSSR count). The van der Waals surface area contributed by atoms with E-state index in [1.165, 1.54) is 0 Å². The lowest BCUT2D eigenvalue weighted by molar-refractivity contribution is 0.542. The van der Waals surface area contributed by atoms with E-state index >= 15 is 0 Å². The van der Waals surface area contributed by atoms with Gasteiger partial charge in [-0.15, -0.1) is 11.8 Å². The molecule has 0 saturated heterocycles.